The lowest BCUT2D eigenvalue weighted by molar-refractivity contribution is 0.618. The van der Waals surface area contributed by atoms with Gasteiger partial charge in [0, 0.05) is 18.3 Å². The normalized spacial score (nSPS) is 12.4. The lowest BCUT2D eigenvalue weighted by atomic mass is 10.1. The van der Waals surface area contributed by atoms with Gasteiger partial charge in [-0.1, -0.05) is 12.1 Å². The minimum Gasteiger partial charge on any atom is -0.261 e. The van der Waals surface area contributed by atoms with Gasteiger partial charge in [0.1, 0.15) is 5.82 Å². The van der Waals surface area contributed by atoms with E-state index in [4.69, 9.17) is 11.6 Å². The second-order valence-corrected chi connectivity index (χ2v) is 5.55. The third kappa shape index (κ3) is 3.30. The van der Waals surface area contributed by atoms with Crippen LogP contribution in [0.3, 0.4) is 0 Å². The Balaban J connectivity index is 2.13. The molecule has 18 heavy (non-hydrogen) atoms. The Morgan fingerprint density at radius 2 is 2.11 bits per heavy atom. The Bertz CT molecular complexity index is 542. The smallest absolute Gasteiger partial charge is 0.137 e. The van der Waals surface area contributed by atoms with Crippen molar-refractivity contribution in [3.63, 3.8) is 0 Å². The molecule has 0 radical (unpaired) electrons. The quantitative estimate of drug-likeness (QED) is 0.737. The summed E-state index contributed by atoms with van der Waals surface area (Å²) >= 11 is 9.41. The molecule has 0 aliphatic heterocycles. The number of nitrogens with zero attached hydrogens (tertiary/aromatic N) is 1. The van der Waals surface area contributed by atoms with Crippen molar-refractivity contribution >= 4 is 27.5 Å². The Morgan fingerprint density at radius 1 is 1.33 bits per heavy atom. The van der Waals surface area contributed by atoms with E-state index in [0.717, 1.165) is 16.8 Å². The van der Waals surface area contributed by atoms with Crippen molar-refractivity contribution in [2.24, 2.45) is 0 Å². The molecule has 1 atom stereocenters. The number of hydrogen-bond acceptors (Lipinski definition) is 1. The van der Waals surface area contributed by atoms with Gasteiger partial charge in [0.2, 0.25) is 0 Å². The summed E-state index contributed by atoms with van der Waals surface area (Å²) in [4.78, 5) is 4.30. The van der Waals surface area contributed by atoms with Crippen LogP contribution in [0.5, 0.6) is 0 Å². The first-order valence-corrected chi connectivity index (χ1v) is 6.80. The molecule has 0 fully saturated rings. The second-order valence-electron chi connectivity index (χ2n) is 4.17. The van der Waals surface area contributed by atoms with Gasteiger partial charge in [0.15, 0.2) is 0 Å². The molecule has 1 aromatic carbocycles. The highest BCUT2D eigenvalue weighted by Gasteiger charge is 2.11. The van der Waals surface area contributed by atoms with E-state index in [0.29, 0.717) is 10.9 Å². The maximum atomic E-state index is 13.4. The molecule has 2 aromatic rings. The van der Waals surface area contributed by atoms with Crippen molar-refractivity contribution < 1.29 is 4.39 Å². The number of hydrogen-bond donors (Lipinski definition) is 0. The summed E-state index contributed by atoms with van der Waals surface area (Å²) in [5, 5.41) is -0.275. The summed E-state index contributed by atoms with van der Waals surface area (Å²) in [6.07, 6.45) is 2.39. The molecule has 2 rings (SSSR count). The zero-order chi connectivity index (χ0) is 13.1. The fourth-order valence-electron chi connectivity index (χ4n) is 1.63. The van der Waals surface area contributed by atoms with Crippen LogP contribution >= 0.6 is 27.5 Å². The molecule has 0 spiro atoms. The maximum absolute atomic E-state index is 13.4. The van der Waals surface area contributed by atoms with Crippen molar-refractivity contribution in [3.8, 4) is 0 Å². The highest BCUT2D eigenvalue weighted by atomic mass is 79.9. The summed E-state index contributed by atoms with van der Waals surface area (Å²) in [5.74, 6) is -0.296. The van der Waals surface area contributed by atoms with Crippen LogP contribution < -0.4 is 0 Å². The van der Waals surface area contributed by atoms with E-state index in [2.05, 4.69) is 20.9 Å². The molecule has 4 heteroatoms. The SMILES string of the molecule is Cc1ccc(CC(Cl)c2ccc(Br)c(F)c2)nc1. The predicted octanol–water partition coefficient (Wildman–Crippen LogP) is 4.81. The third-order valence-electron chi connectivity index (χ3n) is 2.67. The molecule has 1 aromatic heterocycles. The third-order valence-corrected chi connectivity index (χ3v) is 3.72. The number of aromatic nitrogens is 1. The summed E-state index contributed by atoms with van der Waals surface area (Å²) in [7, 11) is 0. The lowest BCUT2D eigenvalue weighted by Gasteiger charge is -2.10. The average molecular weight is 329 g/mol. The maximum Gasteiger partial charge on any atom is 0.137 e. The summed E-state index contributed by atoms with van der Waals surface area (Å²) in [6, 6.07) is 8.88. The topological polar surface area (TPSA) is 12.9 Å². The standard InChI is InChI=1S/C14H12BrClFN/c1-9-2-4-11(18-8-9)7-13(16)10-3-5-12(15)14(17)6-10/h2-6,8,13H,7H2,1H3. The Labute approximate surface area is 119 Å². The zero-order valence-corrected chi connectivity index (χ0v) is 12.2. The van der Waals surface area contributed by atoms with Crippen LogP contribution in [0.4, 0.5) is 4.39 Å². The minimum atomic E-state index is -0.296. The second kappa shape index (κ2) is 5.81. The van der Waals surface area contributed by atoms with Crippen LogP contribution in [0, 0.1) is 12.7 Å². The van der Waals surface area contributed by atoms with E-state index < -0.39 is 0 Å². The number of aryl methyl sites for hydroxylation is 1. The first kappa shape index (κ1) is 13.5. The van der Waals surface area contributed by atoms with E-state index >= 15 is 0 Å². The molecule has 0 aliphatic carbocycles. The molecule has 1 heterocycles. The van der Waals surface area contributed by atoms with Crippen molar-refractivity contribution in [1.29, 1.82) is 0 Å². The number of halogens is 3. The number of rotatable bonds is 3. The molecule has 94 valence electrons. The molecule has 0 bridgehead atoms. The van der Waals surface area contributed by atoms with Gasteiger partial charge < -0.3 is 0 Å². The number of alkyl halides is 1. The highest BCUT2D eigenvalue weighted by molar-refractivity contribution is 9.10. The molecule has 0 N–H and O–H groups in total. The Kier molecular flexibility index (Phi) is 4.36. The fraction of sp³-hybridized carbons (Fsp3) is 0.214. The summed E-state index contributed by atoms with van der Waals surface area (Å²) in [6.45, 7) is 1.99. The lowest BCUT2D eigenvalue weighted by Crippen LogP contribution is -1.99. The van der Waals surface area contributed by atoms with Gasteiger partial charge in [-0.05, 0) is 52.2 Å². The monoisotopic (exact) mass is 327 g/mol. The molecule has 1 nitrogen and oxygen atoms in total. The van der Waals surface area contributed by atoms with Gasteiger partial charge in [-0.3, -0.25) is 4.98 Å². The number of pyridine rings is 1. The fourth-order valence-corrected chi connectivity index (χ4v) is 2.17. The van der Waals surface area contributed by atoms with Crippen LogP contribution in [0.15, 0.2) is 41.0 Å². The highest BCUT2D eigenvalue weighted by Crippen LogP contribution is 2.27. The molecular weight excluding hydrogens is 317 g/mol. The molecule has 1 unspecified atom stereocenters. The zero-order valence-electron chi connectivity index (χ0n) is 9.83. The van der Waals surface area contributed by atoms with Gasteiger partial charge in [-0.2, -0.15) is 0 Å². The van der Waals surface area contributed by atoms with E-state index in [-0.39, 0.29) is 11.2 Å². The van der Waals surface area contributed by atoms with Crippen molar-refractivity contribution in [3.05, 3.63) is 63.6 Å². The van der Waals surface area contributed by atoms with E-state index in [1.807, 2.05) is 25.1 Å². The van der Waals surface area contributed by atoms with Gasteiger partial charge >= 0.3 is 0 Å². The average Bonchev–Trinajstić information content (AvgIpc) is 2.35. The number of benzene rings is 1. The predicted molar refractivity (Wildman–Crippen MR) is 75.4 cm³/mol. The van der Waals surface area contributed by atoms with Crippen LogP contribution in [0.1, 0.15) is 22.2 Å². The first-order chi connectivity index (χ1) is 8.56. The van der Waals surface area contributed by atoms with Crippen molar-refractivity contribution in [2.45, 2.75) is 18.7 Å². The molecule has 0 saturated carbocycles. The molecule has 0 amide bonds. The van der Waals surface area contributed by atoms with E-state index in [1.54, 1.807) is 12.3 Å². The minimum absolute atomic E-state index is 0.275. The van der Waals surface area contributed by atoms with Crippen molar-refractivity contribution in [1.82, 2.24) is 4.98 Å². The molecule has 0 saturated heterocycles. The van der Waals surface area contributed by atoms with E-state index in [9.17, 15) is 4.39 Å². The van der Waals surface area contributed by atoms with Gasteiger partial charge in [0.05, 0.1) is 9.85 Å². The Hall–Kier alpha value is -0.930. The van der Waals surface area contributed by atoms with E-state index in [1.165, 1.54) is 6.07 Å². The largest absolute Gasteiger partial charge is 0.261 e. The van der Waals surface area contributed by atoms with Crippen LogP contribution in [0.25, 0.3) is 0 Å². The summed E-state index contributed by atoms with van der Waals surface area (Å²) in [5.41, 5.74) is 2.78. The van der Waals surface area contributed by atoms with Gasteiger partial charge in [0.25, 0.3) is 0 Å². The molecular formula is C14H12BrClFN. The molecule has 0 aliphatic rings. The summed E-state index contributed by atoms with van der Waals surface area (Å²) < 4.78 is 13.9. The Morgan fingerprint density at radius 3 is 2.72 bits per heavy atom. The van der Waals surface area contributed by atoms with Gasteiger partial charge in [-0.25, -0.2) is 4.39 Å². The van der Waals surface area contributed by atoms with Gasteiger partial charge in [-0.15, -0.1) is 11.6 Å². The van der Waals surface area contributed by atoms with Crippen LogP contribution in [0.2, 0.25) is 0 Å². The van der Waals surface area contributed by atoms with Crippen molar-refractivity contribution in [2.75, 3.05) is 0 Å². The van der Waals surface area contributed by atoms with Crippen LogP contribution in [-0.2, 0) is 6.42 Å². The first-order valence-electron chi connectivity index (χ1n) is 5.57. The van der Waals surface area contributed by atoms with Crippen LogP contribution in [-0.4, -0.2) is 4.98 Å².